The zero-order valence-electron chi connectivity index (χ0n) is 29.0. The van der Waals surface area contributed by atoms with Crippen LogP contribution in [0.5, 0.6) is 0 Å². The summed E-state index contributed by atoms with van der Waals surface area (Å²) in [7, 11) is 0. The summed E-state index contributed by atoms with van der Waals surface area (Å²) >= 11 is 0. The Balaban J connectivity index is 1.13. The molecule has 3 aromatic heterocycles. The van der Waals surface area contributed by atoms with E-state index >= 15 is 0 Å². The molecule has 0 radical (unpaired) electrons. The third kappa shape index (κ3) is 4.83. The van der Waals surface area contributed by atoms with Gasteiger partial charge in [0, 0.05) is 38.2 Å². The van der Waals surface area contributed by atoms with Crippen LogP contribution in [0.4, 0.5) is 0 Å². The van der Waals surface area contributed by atoms with Crippen LogP contribution >= 0.6 is 0 Å². The lowest BCUT2D eigenvalue weighted by Crippen LogP contribution is -2.00. The fraction of sp³-hybridized carbons (Fsp3) is 0. The van der Waals surface area contributed by atoms with Crippen molar-refractivity contribution in [1.82, 2.24) is 19.5 Å². The monoisotopic (exact) mass is 690 g/mol. The molecular weight excluding hydrogens is 661 g/mol. The minimum Gasteiger partial charge on any atom is -0.456 e. The van der Waals surface area contributed by atoms with Crippen molar-refractivity contribution in [2.75, 3.05) is 0 Å². The van der Waals surface area contributed by atoms with Crippen LogP contribution in [-0.4, -0.2) is 19.5 Å². The van der Waals surface area contributed by atoms with E-state index in [0.29, 0.717) is 17.5 Å². The van der Waals surface area contributed by atoms with Gasteiger partial charge in [0.25, 0.3) is 0 Å². The maximum Gasteiger partial charge on any atom is 0.164 e. The van der Waals surface area contributed by atoms with Crippen LogP contribution < -0.4 is 0 Å². The molecule has 3 heterocycles. The molecule has 0 amide bonds. The summed E-state index contributed by atoms with van der Waals surface area (Å²) in [5.74, 6) is 1.84. The zero-order valence-corrected chi connectivity index (χ0v) is 29.0. The number of fused-ring (bicyclic) bond motifs is 8. The summed E-state index contributed by atoms with van der Waals surface area (Å²) in [5, 5.41) is 6.89. The van der Waals surface area contributed by atoms with Gasteiger partial charge in [0.1, 0.15) is 11.2 Å². The van der Waals surface area contributed by atoms with Gasteiger partial charge in [0.15, 0.2) is 17.5 Å². The van der Waals surface area contributed by atoms with Crippen molar-refractivity contribution < 1.29 is 4.42 Å². The van der Waals surface area contributed by atoms with Crippen LogP contribution in [0.15, 0.2) is 186 Å². The Hall–Kier alpha value is -7.37. The van der Waals surface area contributed by atoms with Crippen LogP contribution in [0.25, 0.3) is 105 Å². The van der Waals surface area contributed by atoms with Gasteiger partial charge in [0.05, 0.1) is 22.1 Å². The lowest BCUT2D eigenvalue weighted by Gasteiger charge is -2.12. The summed E-state index contributed by atoms with van der Waals surface area (Å²) in [6.45, 7) is 0. The van der Waals surface area contributed by atoms with Crippen molar-refractivity contribution >= 4 is 54.5 Å². The molecule has 8 aromatic carbocycles. The third-order valence-corrected chi connectivity index (χ3v) is 10.4. The average molecular weight is 691 g/mol. The van der Waals surface area contributed by atoms with E-state index < -0.39 is 0 Å². The molecule has 0 bridgehead atoms. The van der Waals surface area contributed by atoms with Crippen molar-refractivity contribution in [1.29, 1.82) is 0 Å². The first-order valence-corrected chi connectivity index (χ1v) is 18.1. The lowest BCUT2D eigenvalue weighted by atomic mass is 10.0. The first-order chi connectivity index (χ1) is 26.8. The molecule has 0 saturated carbocycles. The molecule has 0 aliphatic carbocycles. The molecule has 11 aromatic rings. The maximum atomic E-state index is 6.56. The highest BCUT2D eigenvalue weighted by Crippen LogP contribution is 2.41. The molecule has 0 aliphatic rings. The van der Waals surface area contributed by atoms with Crippen molar-refractivity contribution in [3.63, 3.8) is 0 Å². The molecular formula is C49H30N4O. The van der Waals surface area contributed by atoms with Crippen LogP contribution in [0, 0.1) is 0 Å². The van der Waals surface area contributed by atoms with Crippen LogP contribution in [0.2, 0.25) is 0 Å². The Morgan fingerprint density at radius 2 is 0.963 bits per heavy atom. The second-order valence-electron chi connectivity index (χ2n) is 13.6. The first-order valence-electron chi connectivity index (χ1n) is 18.1. The molecule has 54 heavy (non-hydrogen) atoms. The average Bonchev–Trinajstić information content (AvgIpc) is 3.80. The number of nitrogens with zero attached hydrogens (tertiary/aromatic N) is 4. The highest BCUT2D eigenvalue weighted by molar-refractivity contribution is 6.20. The van der Waals surface area contributed by atoms with Gasteiger partial charge in [-0.05, 0) is 52.9 Å². The SMILES string of the molecule is c1ccc(-c2ccc(-c3nc(-c4ccccc4)nc(-c4ccc5oc6cccc(-n7c8ccccc8c8ccc9ccccc9c87)c6c5c4)n3)cc2)cc1. The second-order valence-corrected chi connectivity index (χ2v) is 13.6. The highest BCUT2D eigenvalue weighted by atomic mass is 16.3. The van der Waals surface area contributed by atoms with Gasteiger partial charge >= 0.3 is 0 Å². The van der Waals surface area contributed by atoms with Crippen molar-refractivity contribution in [2.45, 2.75) is 0 Å². The largest absolute Gasteiger partial charge is 0.456 e. The van der Waals surface area contributed by atoms with Crippen LogP contribution in [0.3, 0.4) is 0 Å². The van der Waals surface area contributed by atoms with Gasteiger partial charge in [-0.25, -0.2) is 15.0 Å². The van der Waals surface area contributed by atoms with Gasteiger partial charge < -0.3 is 8.98 Å². The normalized spacial score (nSPS) is 11.7. The van der Waals surface area contributed by atoms with E-state index in [9.17, 15) is 0 Å². The fourth-order valence-electron chi connectivity index (χ4n) is 7.91. The number of hydrogen-bond donors (Lipinski definition) is 0. The van der Waals surface area contributed by atoms with E-state index in [-0.39, 0.29) is 0 Å². The number of furan rings is 1. The number of aromatic nitrogens is 4. The zero-order chi connectivity index (χ0) is 35.6. The van der Waals surface area contributed by atoms with Crippen molar-refractivity contribution in [2.24, 2.45) is 0 Å². The molecule has 0 aliphatic heterocycles. The Kier molecular flexibility index (Phi) is 6.79. The second kappa shape index (κ2) is 12.1. The number of benzene rings is 8. The molecule has 0 saturated heterocycles. The standard InChI is InChI=1S/C49H30N4O/c1-3-12-31(13-4-1)32-22-24-35(25-23-32)48-50-47(34-15-5-2-6-16-34)51-49(52-48)36-27-29-43-40(30-36)45-42(20-11-21-44(45)54-43)53-41-19-10-9-18-38(41)39-28-26-33-14-7-8-17-37(33)46(39)53/h1-30H. The molecule has 0 N–H and O–H groups in total. The molecule has 0 unspecified atom stereocenters. The van der Waals surface area contributed by atoms with Gasteiger partial charge in [-0.15, -0.1) is 0 Å². The Labute approximate surface area is 310 Å². The fourth-order valence-corrected chi connectivity index (χ4v) is 7.91. The number of hydrogen-bond acceptors (Lipinski definition) is 4. The van der Waals surface area contributed by atoms with E-state index in [1.54, 1.807) is 0 Å². The topological polar surface area (TPSA) is 56.7 Å². The predicted octanol–water partition coefficient (Wildman–Crippen LogP) is 12.7. The van der Waals surface area contributed by atoms with E-state index in [1.807, 2.05) is 48.5 Å². The Morgan fingerprint density at radius 3 is 1.74 bits per heavy atom. The molecule has 5 nitrogen and oxygen atoms in total. The minimum atomic E-state index is 0.600. The van der Waals surface area contributed by atoms with E-state index in [1.165, 1.54) is 32.6 Å². The summed E-state index contributed by atoms with van der Waals surface area (Å²) in [5.41, 5.74) is 10.1. The lowest BCUT2D eigenvalue weighted by molar-refractivity contribution is 0.669. The summed E-state index contributed by atoms with van der Waals surface area (Å²) in [4.78, 5) is 15.2. The van der Waals surface area contributed by atoms with E-state index in [2.05, 4.69) is 138 Å². The summed E-state index contributed by atoms with van der Waals surface area (Å²) in [6.07, 6.45) is 0. The van der Waals surface area contributed by atoms with Gasteiger partial charge in [-0.3, -0.25) is 0 Å². The minimum absolute atomic E-state index is 0.600. The van der Waals surface area contributed by atoms with Gasteiger partial charge in [-0.1, -0.05) is 146 Å². The van der Waals surface area contributed by atoms with Crippen LogP contribution in [0.1, 0.15) is 0 Å². The van der Waals surface area contributed by atoms with E-state index in [4.69, 9.17) is 19.4 Å². The van der Waals surface area contributed by atoms with Crippen molar-refractivity contribution in [3.8, 4) is 51.0 Å². The molecule has 5 heteroatoms. The Bertz CT molecular complexity index is 3200. The molecule has 0 fully saturated rings. The Morgan fingerprint density at radius 1 is 0.370 bits per heavy atom. The number of rotatable bonds is 5. The first kappa shape index (κ1) is 30.3. The smallest absolute Gasteiger partial charge is 0.164 e. The predicted molar refractivity (Wildman–Crippen MR) is 221 cm³/mol. The number of para-hydroxylation sites is 1. The quantitative estimate of drug-likeness (QED) is 0.180. The molecule has 0 spiro atoms. The van der Waals surface area contributed by atoms with Gasteiger partial charge in [-0.2, -0.15) is 0 Å². The van der Waals surface area contributed by atoms with E-state index in [0.717, 1.165) is 55.4 Å². The van der Waals surface area contributed by atoms with Crippen molar-refractivity contribution in [3.05, 3.63) is 182 Å². The van der Waals surface area contributed by atoms with Gasteiger partial charge in [0.2, 0.25) is 0 Å². The maximum absolute atomic E-state index is 6.56. The summed E-state index contributed by atoms with van der Waals surface area (Å²) in [6, 6.07) is 63.2. The molecule has 11 rings (SSSR count). The van der Waals surface area contributed by atoms with Crippen LogP contribution in [-0.2, 0) is 0 Å². The third-order valence-electron chi connectivity index (χ3n) is 10.4. The molecule has 0 atom stereocenters. The summed E-state index contributed by atoms with van der Waals surface area (Å²) < 4.78 is 8.97. The molecule has 252 valence electrons. The highest BCUT2D eigenvalue weighted by Gasteiger charge is 2.20.